The SMILES string of the molecule is Fc1ccccc1OCc1nnc(SCC2CCOCO2)n1-c1ccccc1. The van der Waals surface area contributed by atoms with Crippen molar-refractivity contribution in [2.45, 2.75) is 24.3 Å². The van der Waals surface area contributed by atoms with E-state index in [9.17, 15) is 4.39 Å². The molecule has 0 N–H and O–H groups in total. The number of rotatable bonds is 7. The number of thioether (sulfide) groups is 1. The molecule has 0 spiro atoms. The Morgan fingerprint density at radius 3 is 2.71 bits per heavy atom. The van der Waals surface area contributed by atoms with Gasteiger partial charge in [0.1, 0.15) is 13.4 Å². The first-order valence-electron chi connectivity index (χ1n) is 9.00. The Labute approximate surface area is 166 Å². The lowest BCUT2D eigenvalue weighted by molar-refractivity contribution is -0.130. The monoisotopic (exact) mass is 401 g/mol. The zero-order valence-corrected chi connectivity index (χ0v) is 16.0. The Bertz CT molecular complexity index is 901. The maximum Gasteiger partial charge on any atom is 0.196 e. The van der Waals surface area contributed by atoms with Gasteiger partial charge in [0, 0.05) is 11.4 Å². The second-order valence-electron chi connectivity index (χ2n) is 6.20. The van der Waals surface area contributed by atoms with E-state index in [4.69, 9.17) is 14.2 Å². The van der Waals surface area contributed by atoms with Gasteiger partial charge in [-0.2, -0.15) is 0 Å². The topological polar surface area (TPSA) is 58.4 Å². The summed E-state index contributed by atoms with van der Waals surface area (Å²) in [5.41, 5.74) is 0.926. The van der Waals surface area contributed by atoms with Gasteiger partial charge in [-0.25, -0.2) is 4.39 Å². The lowest BCUT2D eigenvalue weighted by Gasteiger charge is -2.22. The van der Waals surface area contributed by atoms with Gasteiger partial charge in [-0.1, -0.05) is 42.1 Å². The minimum atomic E-state index is -0.403. The van der Waals surface area contributed by atoms with Crippen molar-refractivity contribution < 1.29 is 18.6 Å². The first-order chi connectivity index (χ1) is 13.8. The number of benzene rings is 2. The van der Waals surface area contributed by atoms with Crippen molar-refractivity contribution in [2.75, 3.05) is 19.2 Å². The largest absolute Gasteiger partial charge is 0.483 e. The molecule has 4 rings (SSSR count). The first-order valence-corrected chi connectivity index (χ1v) is 9.99. The molecular formula is C20H20FN3O3S. The van der Waals surface area contributed by atoms with Crippen molar-refractivity contribution in [1.29, 1.82) is 0 Å². The molecule has 0 aliphatic carbocycles. The van der Waals surface area contributed by atoms with Crippen molar-refractivity contribution in [3.05, 3.63) is 66.2 Å². The van der Waals surface area contributed by atoms with Gasteiger partial charge in [-0.05, 0) is 30.7 Å². The maximum atomic E-state index is 13.9. The Morgan fingerprint density at radius 1 is 1.11 bits per heavy atom. The van der Waals surface area contributed by atoms with Crippen LogP contribution >= 0.6 is 11.8 Å². The number of hydrogen-bond acceptors (Lipinski definition) is 6. The molecule has 3 aromatic rings. The number of hydrogen-bond donors (Lipinski definition) is 0. The van der Waals surface area contributed by atoms with E-state index in [1.54, 1.807) is 30.0 Å². The summed E-state index contributed by atoms with van der Waals surface area (Å²) >= 11 is 1.57. The van der Waals surface area contributed by atoms with Crippen molar-refractivity contribution in [1.82, 2.24) is 14.8 Å². The van der Waals surface area contributed by atoms with Crippen LogP contribution in [0.3, 0.4) is 0 Å². The average molecular weight is 401 g/mol. The number of halogens is 1. The van der Waals surface area contributed by atoms with Crippen molar-refractivity contribution in [2.24, 2.45) is 0 Å². The summed E-state index contributed by atoms with van der Waals surface area (Å²) in [7, 11) is 0. The minimum absolute atomic E-state index is 0.108. The van der Waals surface area contributed by atoms with E-state index >= 15 is 0 Å². The highest BCUT2D eigenvalue weighted by molar-refractivity contribution is 7.99. The van der Waals surface area contributed by atoms with Gasteiger partial charge >= 0.3 is 0 Å². The van der Waals surface area contributed by atoms with Gasteiger partial charge in [-0.15, -0.1) is 10.2 Å². The second kappa shape index (κ2) is 9.18. The summed E-state index contributed by atoms with van der Waals surface area (Å²) < 4.78 is 32.3. The molecular weight excluding hydrogens is 381 g/mol. The molecule has 1 saturated heterocycles. The minimum Gasteiger partial charge on any atom is -0.483 e. The van der Waals surface area contributed by atoms with Crippen LogP contribution in [0.1, 0.15) is 12.2 Å². The fraction of sp³-hybridized carbons (Fsp3) is 0.300. The summed E-state index contributed by atoms with van der Waals surface area (Å²) in [6.07, 6.45) is 0.980. The van der Waals surface area contributed by atoms with Gasteiger partial charge in [0.2, 0.25) is 0 Å². The summed E-state index contributed by atoms with van der Waals surface area (Å²) in [4.78, 5) is 0. The van der Waals surface area contributed by atoms with E-state index in [2.05, 4.69) is 10.2 Å². The summed E-state index contributed by atoms with van der Waals surface area (Å²) in [6, 6.07) is 16.1. The van der Waals surface area contributed by atoms with Crippen molar-refractivity contribution in [3.8, 4) is 11.4 Å². The summed E-state index contributed by atoms with van der Waals surface area (Å²) in [5, 5.41) is 9.35. The Kier molecular flexibility index (Phi) is 6.20. The molecule has 1 aliphatic rings. The smallest absolute Gasteiger partial charge is 0.196 e. The van der Waals surface area contributed by atoms with Gasteiger partial charge in [0.05, 0.1) is 12.7 Å². The molecule has 0 bridgehead atoms. The fourth-order valence-corrected chi connectivity index (χ4v) is 3.86. The third kappa shape index (κ3) is 4.52. The van der Waals surface area contributed by atoms with E-state index in [-0.39, 0.29) is 18.5 Å². The molecule has 28 heavy (non-hydrogen) atoms. The van der Waals surface area contributed by atoms with Crippen molar-refractivity contribution >= 4 is 11.8 Å². The lowest BCUT2D eigenvalue weighted by atomic mass is 10.3. The molecule has 1 aromatic heterocycles. The predicted molar refractivity (Wildman–Crippen MR) is 103 cm³/mol. The third-order valence-corrected chi connectivity index (χ3v) is 5.34. The van der Waals surface area contributed by atoms with Gasteiger partial charge in [0.25, 0.3) is 0 Å². The Balaban J connectivity index is 1.54. The quantitative estimate of drug-likeness (QED) is 0.561. The summed E-state index contributed by atoms with van der Waals surface area (Å²) in [5.74, 6) is 1.14. The molecule has 8 heteroatoms. The van der Waals surface area contributed by atoms with Crippen LogP contribution in [0.15, 0.2) is 59.8 Å². The fourth-order valence-electron chi connectivity index (χ4n) is 2.83. The number of nitrogens with zero attached hydrogens (tertiary/aromatic N) is 3. The lowest BCUT2D eigenvalue weighted by Crippen LogP contribution is -2.25. The maximum absolute atomic E-state index is 13.9. The second-order valence-corrected chi connectivity index (χ2v) is 7.19. The predicted octanol–water partition coefficient (Wildman–Crippen LogP) is 3.84. The van der Waals surface area contributed by atoms with Crippen LogP contribution in [0, 0.1) is 5.82 Å². The van der Waals surface area contributed by atoms with Gasteiger partial charge in [-0.3, -0.25) is 4.57 Å². The molecule has 0 saturated carbocycles. The zero-order chi connectivity index (χ0) is 19.2. The van der Waals surface area contributed by atoms with E-state index in [0.29, 0.717) is 19.2 Å². The van der Waals surface area contributed by atoms with Crippen LogP contribution in [0.5, 0.6) is 5.75 Å². The van der Waals surface area contributed by atoms with Crippen molar-refractivity contribution in [3.63, 3.8) is 0 Å². The van der Waals surface area contributed by atoms with Gasteiger partial charge < -0.3 is 14.2 Å². The first kappa shape index (κ1) is 18.9. The van der Waals surface area contributed by atoms with Crippen LogP contribution in [-0.2, 0) is 16.1 Å². The molecule has 1 aliphatic heterocycles. The third-order valence-electron chi connectivity index (χ3n) is 4.28. The van der Waals surface area contributed by atoms with Gasteiger partial charge in [0.15, 0.2) is 22.5 Å². The molecule has 1 fully saturated rings. The standard InChI is InChI=1S/C20H20FN3O3S/c21-17-8-4-5-9-18(17)26-12-19-22-23-20(24(19)15-6-2-1-3-7-15)28-13-16-10-11-25-14-27-16/h1-9,16H,10-14H2. The molecule has 146 valence electrons. The molecule has 0 radical (unpaired) electrons. The highest BCUT2D eigenvalue weighted by atomic mass is 32.2. The summed E-state index contributed by atoms with van der Waals surface area (Å²) in [6.45, 7) is 1.15. The molecule has 2 aromatic carbocycles. The van der Waals surface area contributed by atoms with Crippen LogP contribution < -0.4 is 4.74 Å². The number of ether oxygens (including phenoxy) is 3. The number of para-hydroxylation sites is 2. The van der Waals surface area contributed by atoms with E-state index in [0.717, 1.165) is 23.0 Å². The van der Waals surface area contributed by atoms with E-state index in [1.807, 2.05) is 34.9 Å². The highest BCUT2D eigenvalue weighted by Crippen LogP contribution is 2.25. The van der Waals surface area contributed by atoms with Crippen LogP contribution in [0.4, 0.5) is 4.39 Å². The normalized spacial score (nSPS) is 16.8. The van der Waals surface area contributed by atoms with E-state index in [1.165, 1.54) is 6.07 Å². The Morgan fingerprint density at radius 2 is 1.93 bits per heavy atom. The molecule has 2 heterocycles. The van der Waals surface area contributed by atoms with E-state index < -0.39 is 5.82 Å². The van der Waals surface area contributed by atoms with Crippen LogP contribution in [0.25, 0.3) is 5.69 Å². The zero-order valence-electron chi connectivity index (χ0n) is 15.2. The highest BCUT2D eigenvalue weighted by Gasteiger charge is 2.19. The van der Waals surface area contributed by atoms with Crippen LogP contribution in [0.2, 0.25) is 0 Å². The molecule has 0 amide bonds. The Hall–Kier alpha value is -2.42. The molecule has 6 nitrogen and oxygen atoms in total. The average Bonchev–Trinajstić information content (AvgIpc) is 3.16. The number of aromatic nitrogens is 3. The molecule has 1 atom stereocenters. The molecule has 1 unspecified atom stereocenters. The van der Waals surface area contributed by atoms with Crippen LogP contribution in [-0.4, -0.2) is 40.0 Å².